The molecule has 2 aromatic carbocycles. The lowest BCUT2D eigenvalue weighted by Crippen LogP contribution is -2.50. The van der Waals surface area contributed by atoms with Crippen LogP contribution in [-0.4, -0.2) is 36.0 Å². The molecule has 1 N–H and O–H groups in total. The van der Waals surface area contributed by atoms with E-state index in [1.54, 1.807) is 0 Å². The fraction of sp³-hybridized carbons (Fsp3) is 0.519. The first-order valence-corrected chi connectivity index (χ1v) is 12.1. The van der Waals surface area contributed by atoms with Crippen molar-refractivity contribution < 1.29 is 9.53 Å². The van der Waals surface area contributed by atoms with Gasteiger partial charge in [-0.2, -0.15) is 0 Å². The van der Waals surface area contributed by atoms with Gasteiger partial charge in [0.2, 0.25) is 5.91 Å². The van der Waals surface area contributed by atoms with Crippen molar-refractivity contribution in [3.8, 4) is 11.5 Å². The average Bonchev–Trinajstić information content (AvgIpc) is 2.83. The van der Waals surface area contributed by atoms with Crippen molar-refractivity contribution in [1.82, 2.24) is 10.2 Å². The smallest absolute Gasteiger partial charge is 0.232 e. The highest BCUT2D eigenvalue weighted by atomic mass is 16.5. The summed E-state index contributed by atoms with van der Waals surface area (Å²) in [6.07, 6.45) is 9.06. The monoisotopic (exact) mass is 418 g/mol. The zero-order chi connectivity index (χ0) is 21.2. The minimum Gasteiger partial charge on any atom is -0.457 e. The van der Waals surface area contributed by atoms with E-state index in [1.807, 2.05) is 48.5 Å². The summed E-state index contributed by atoms with van der Waals surface area (Å²) in [5, 5.41) is 3.39. The first-order chi connectivity index (χ1) is 15.2. The minimum atomic E-state index is -0.305. The molecular weight excluding hydrogens is 384 g/mol. The molecule has 3 aliphatic rings. The molecule has 1 amide bonds. The van der Waals surface area contributed by atoms with Crippen molar-refractivity contribution in [3.63, 3.8) is 0 Å². The molecule has 0 spiro atoms. The number of amides is 1. The lowest BCUT2D eigenvalue weighted by atomic mass is 9.83. The maximum Gasteiger partial charge on any atom is 0.232 e. The average molecular weight is 419 g/mol. The number of fused-ring (bicyclic) bond motifs is 2. The number of rotatable bonds is 4. The Kier molecular flexibility index (Phi) is 5.99. The lowest BCUT2D eigenvalue weighted by Gasteiger charge is -2.41. The minimum absolute atomic E-state index is 0.0991. The number of hydrogen-bond donors (Lipinski definition) is 1. The second kappa shape index (κ2) is 9.04. The van der Waals surface area contributed by atoms with E-state index in [1.165, 1.54) is 32.1 Å². The van der Waals surface area contributed by atoms with E-state index in [0.717, 1.165) is 54.5 Å². The van der Waals surface area contributed by atoms with Crippen LogP contribution in [0.1, 0.15) is 68.9 Å². The van der Waals surface area contributed by atoms with Crippen LogP contribution >= 0.6 is 0 Å². The van der Waals surface area contributed by atoms with Gasteiger partial charge in [0.25, 0.3) is 0 Å². The molecule has 2 heterocycles. The number of carbonyl (C=O) groups is 1. The maximum atomic E-state index is 13.5. The van der Waals surface area contributed by atoms with Crippen LogP contribution in [0.25, 0.3) is 0 Å². The second-order valence-electron chi connectivity index (χ2n) is 9.57. The Balaban J connectivity index is 1.24. The van der Waals surface area contributed by atoms with E-state index < -0.39 is 0 Å². The number of ether oxygens (including phenoxy) is 1. The number of nitrogens with zero attached hydrogens (tertiary/aromatic N) is 1. The van der Waals surface area contributed by atoms with Crippen molar-refractivity contribution >= 4 is 5.91 Å². The summed E-state index contributed by atoms with van der Waals surface area (Å²) in [4.78, 5) is 16.1. The van der Waals surface area contributed by atoms with Gasteiger partial charge in [-0.3, -0.25) is 4.79 Å². The standard InChI is InChI=1S/C27H34N2O2/c1-19(20-9-3-2-4-10-20)29-17-15-21(16-18-29)28-27(30)26-22-11-5-7-13-24(22)31-25-14-8-6-12-23(25)26/h5-8,11-14,19-21,26H,2-4,9-10,15-18H2,1H3,(H,28,30). The third-order valence-electron chi connectivity index (χ3n) is 7.73. The second-order valence-corrected chi connectivity index (χ2v) is 9.57. The molecule has 1 atom stereocenters. The number of benzene rings is 2. The number of carbonyl (C=O) groups excluding carboxylic acids is 1. The van der Waals surface area contributed by atoms with E-state index in [4.69, 9.17) is 4.74 Å². The van der Waals surface area contributed by atoms with Gasteiger partial charge in [0.15, 0.2) is 0 Å². The fourth-order valence-electron chi connectivity index (χ4n) is 5.84. The van der Waals surface area contributed by atoms with Crippen LogP contribution in [0.15, 0.2) is 48.5 Å². The predicted molar refractivity (Wildman–Crippen MR) is 124 cm³/mol. The predicted octanol–water partition coefficient (Wildman–Crippen LogP) is 5.47. The number of likely N-dealkylation sites (tertiary alicyclic amines) is 1. The highest BCUT2D eigenvalue weighted by Gasteiger charge is 2.34. The van der Waals surface area contributed by atoms with Gasteiger partial charge in [-0.05, 0) is 50.7 Å². The van der Waals surface area contributed by atoms with Crippen molar-refractivity contribution in [2.75, 3.05) is 13.1 Å². The molecule has 2 aliphatic heterocycles. The molecule has 4 heteroatoms. The molecule has 2 aromatic rings. The first-order valence-electron chi connectivity index (χ1n) is 12.1. The molecule has 1 unspecified atom stereocenters. The molecule has 2 fully saturated rings. The first kappa shape index (κ1) is 20.6. The molecule has 31 heavy (non-hydrogen) atoms. The largest absolute Gasteiger partial charge is 0.457 e. The number of piperidine rings is 1. The highest BCUT2D eigenvalue weighted by molar-refractivity contribution is 5.89. The summed E-state index contributed by atoms with van der Waals surface area (Å²) in [7, 11) is 0. The molecule has 5 rings (SSSR count). The molecule has 1 saturated heterocycles. The van der Waals surface area contributed by atoms with Crippen LogP contribution in [0.2, 0.25) is 0 Å². The van der Waals surface area contributed by atoms with Gasteiger partial charge in [0.1, 0.15) is 11.5 Å². The summed E-state index contributed by atoms with van der Waals surface area (Å²) in [5.74, 6) is 2.23. The van der Waals surface area contributed by atoms with E-state index in [0.29, 0.717) is 6.04 Å². The Morgan fingerprint density at radius 2 is 1.48 bits per heavy atom. The quantitative estimate of drug-likeness (QED) is 0.715. The summed E-state index contributed by atoms with van der Waals surface area (Å²) in [5.41, 5.74) is 1.92. The van der Waals surface area contributed by atoms with Crippen molar-refractivity contribution in [1.29, 1.82) is 0 Å². The summed E-state index contributed by atoms with van der Waals surface area (Å²) >= 11 is 0. The number of nitrogens with one attached hydrogen (secondary N) is 1. The Hall–Kier alpha value is -2.33. The Morgan fingerprint density at radius 3 is 2.10 bits per heavy atom. The van der Waals surface area contributed by atoms with Gasteiger partial charge in [-0.15, -0.1) is 0 Å². The molecule has 164 valence electrons. The van der Waals surface area contributed by atoms with Crippen molar-refractivity contribution in [2.24, 2.45) is 5.92 Å². The molecule has 0 radical (unpaired) electrons. The Morgan fingerprint density at radius 1 is 0.903 bits per heavy atom. The molecular formula is C27H34N2O2. The topological polar surface area (TPSA) is 41.6 Å². The van der Waals surface area contributed by atoms with E-state index in [9.17, 15) is 4.79 Å². The molecule has 0 aromatic heterocycles. The number of para-hydroxylation sites is 2. The van der Waals surface area contributed by atoms with Crippen LogP contribution in [0.3, 0.4) is 0 Å². The SMILES string of the molecule is CC(C1CCCCC1)N1CCC(NC(=O)C2c3ccccc3Oc3ccccc32)CC1. The normalized spacial score (nSPS) is 21.6. The third-order valence-corrected chi connectivity index (χ3v) is 7.73. The summed E-state index contributed by atoms with van der Waals surface area (Å²) < 4.78 is 6.06. The van der Waals surface area contributed by atoms with Gasteiger partial charge in [0, 0.05) is 36.3 Å². The maximum absolute atomic E-state index is 13.5. The zero-order valence-electron chi connectivity index (χ0n) is 18.6. The van der Waals surface area contributed by atoms with Gasteiger partial charge in [-0.1, -0.05) is 55.7 Å². The molecule has 1 saturated carbocycles. The zero-order valence-corrected chi connectivity index (χ0v) is 18.6. The fourth-order valence-corrected chi connectivity index (χ4v) is 5.84. The summed E-state index contributed by atoms with van der Waals surface area (Å²) in [6, 6.07) is 16.8. The van der Waals surface area contributed by atoms with Gasteiger partial charge < -0.3 is 15.0 Å². The van der Waals surface area contributed by atoms with Crippen LogP contribution < -0.4 is 10.1 Å². The van der Waals surface area contributed by atoms with Crippen molar-refractivity contribution in [3.05, 3.63) is 59.7 Å². The van der Waals surface area contributed by atoms with Crippen LogP contribution in [0, 0.1) is 5.92 Å². The van der Waals surface area contributed by atoms with Gasteiger partial charge in [0.05, 0.1) is 5.92 Å². The van der Waals surface area contributed by atoms with E-state index in [-0.39, 0.29) is 17.9 Å². The third kappa shape index (κ3) is 4.23. The molecule has 0 bridgehead atoms. The summed E-state index contributed by atoms with van der Waals surface area (Å²) in [6.45, 7) is 4.60. The Labute approximate surface area is 186 Å². The van der Waals surface area contributed by atoms with E-state index in [2.05, 4.69) is 17.1 Å². The molecule has 4 nitrogen and oxygen atoms in total. The lowest BCUT2D eigenvalue weighted by molar-refractivity contribution is -0.122. The van der Waals surface area contributed by atoms with Crippen molar-refractivity contribution in [2.45, 2.75) is 69.9 Å². The Bertz CT molecular complexity index is 867. The highest BCUT2D eigenvalue weighted by Crippen LogP contribution is 2.44. The van der Waals surface area contributed by atoms with Crippen LogP contribution in [0.4, 0.5) is 0 Å². The number of hydrogen-bond acceptors (Lipinski definition) is 3. The molecule has 1 aliphatic carbocycles. The van der Waals surface area contributed by atoms with Gasteiger partial charge >= 0.3 is 0 Å². The van der Waals surface area contributed by atoms with Crippen LogP contribution in [-0.2, 0) is 4.79 Å². The van der Waals surface area contributed by atoms with E-state index >= 15 is 0 Å². The van der Waals surface area contributed by atoms with Gasteiger partial charge in [-0.25, -0.2) is 0 Å². The van der Waals surface area contributed by atoms with Crippen LogP contribution in [0.5, 0.6) is 11.5 Å².